The minimum atomic E-state index is -0.475. The summed E-state index contributed by atoms with van der Waals surface area (Å²) < 4.78 is 14.1. The first-order valence-electron chi connectivity index (χ1n) is 4.83. The molecule has 0 bridgehead atoms. The molecule has 1 aromatic heterocycles. The van der Waals surface area contributed by atoms with E-state index >= 15 is 0 Å². The normalized spacial score (nSPS) is 10.7. The quantitative estimate of drug-likeness (QED) is 0.797. The largest absolute Gasteiger partial charge is 0.293 e. The summed E-state index contributed by atoms with van der Waals surface area (Å²) in [6, 6.07) is 3.93. The Morgan fingerprint density at radius 3 is 2.67 bits per heavy atom. The first kappa shape index (κ1) is 13.3. The van der Waals surface area contributed by atoms with Crippen molar-refractivity contribution in [3.8, 4) is 0 Å². The van der Waals surface area contributed by atoms with E-state index in [1.165, 1.54) is 29.1 Å². The molecule has 3 nitrogen and oxygen atoms in total. The van der Waals surface area contributed by atoms with Gasteiger partial charge in [0.2, 0.25) is 0 Å². The van der Waals surface area contributed by atoms with Gasteiger partial charge in [0.1, 0.15) is 10.8 Å². The summed E-state index contributed by atoms with van der Waals surface area (Å²) in [7, 11) is 0. The van der Waals surface area contributed by atoms with Gasteiger partial charge in [-0.1, -0.05) is 40.9 Å². The van der Waals surface area contributed by atoms with Crippen LogP contribution in [-0.4, -0.2) is 9.55 Å². The maximum absolute atomic E-state index is 12.9. The average molecular weight is 308 g/mol. The maximum Gasteiger partial charge on any atom is 0.273 e. The maximum atomic E-state index is 12.9. The van der Waals surface area contributed by atoms with Gasteiger partial charge in [-0.3, -0.25) is 9.36 Å². The average Bonchev–Trinajstić information content (AvgIpc) is 2.33. The van der Waals surface area contributed by atoms with Crippen LogP contribution < -0.4 is 5.56 Å². The van der Waals surface area contributed by atoms with Crippen LogP contribution in [-0.2, 0) is 6.54 Å². The minimum Gasteiger partial charge on any atom is -0.293 e. The van der Waals surface area contributed by atoms with E-state index in [0.717, 1.165) is 0 Å². The molecule has 0 spiro atoms. The second-order valence-electron chi connectivity index (χ2n) is 3.52. The van der Waals surface area contributed by atoms with E-state index in [4.69, 9.17) is 34.8 Å². The van der Waals surface area contributed by atoms with E-state index in [9.17, 15) is 9.18 Å². The lowest BCUT2D eigenvalue weighted by Gasteiger charge is -2.08. The van der Waals surface area contributed by atoms with Crippen LogP contribution in [0.5, 0.6) is 0 Å². The van der Waals surface area contributed by atoms with Gasteiger partial charge in [-0.25, -0.2) is 9.37 Å². The Morgan fingerprint density at radius 1 is 1.28 bits per heavy atom. The van der Waals surface area contributed by atoms with Crippen LogP contribution in [0.1, 0.15) is 5.56 Å². The summed E-state index contributed by atoms with van der Waals surface area (Å²) in [6.45, 7) is 0.141. The van der Waals surface area contributed by atoms with Crippen LogP contribution in [0.25, 0.3) is 0 Å². The van der Waals surface area contributed by atoms with E-state index < -0.39 is 11.4 Å². The van der Waals surface area contributed by atoms with Crippen molar-refractivity contribution in [3.05, 3.63) is 61.5 Å². The molecule has 0 amide bonds. The highest BCUT2D eigenvalue weighted by atomic mass is 35.5. The van der Waals surface area contributed by atoms with Gasteiger partial charge in [-0.05, 0) is 17.7 Å². The molecule has 0 saturated carbocycles. The Morgan fingerprint density at radius 2 is 2.00 bits per heavy atom. The molecule has 0 fully saturated rings. The third-order valence-electron chi connectivity index (χ3n) is 2.30. The molecule has 0 aliphatic heterocycles. The van der Waals surface area contributed by atoms with E-state index in [-0.39, 0.29) is 21.7 Å². The molecular weight excluding hydrogens is 301 g/mol. The smallest absolute Gasteiger partial charge is 0.273 e. The summed E-state index contributed by atoms with van der Waals surface area (Å²) in [6.07, 6.45) is 1.26. The molecule has 0 N–H and O–H groups in total. The molecule has 1 heterocycles. The van der Waals surface area contributed by atoms with Gasteiger partial charge in [-0.15, -0.1) is 0 Å². The number of rotatable bonds is 2. The Bertz CT molecular complexity index is 657. The molecule has 0 aliphatic rings. The Hall–Kier alpha value is -1.10. The van der Waals surface area contributed by atoms with Gasteiger partial charge >= 0.3 is 0 Å². The van der Waals surface area contributed by atoms with Crippen molar-refractivity contribution in [1.29, 1.82) is 0 Å². The zero-order valence-corrected chi connectivity index (χ0v) is 11.1. The van der Waals surface area contributed by atoms with E-state index in [2.05, 4.69) is 4.98 Å². The first-order valence-corrected chi connectivity index (χ1v) is 5.97. The molecule has 2 rings (SSSR count). The Kier molecular flexibility index (Phi) is 3.90. The predicted octanol–water partition coefficient (Wildman–Crippen LogP) is 3.39. The van der Waals surface area contributed by atoms with Crippen LogP contribution in [0.4, 0.5) is 4.39 Å². The molecule has 0 radical (unpaired) electrons. The van der Waals surface area contributed by atoms with Gasteiger partial charge < -0.3 is 0 Å². The molecule has 0 saturated heterocycles. The summed E-state index contributed by atoms with van der Waals surface area (Å²) in [4.78, 5) is 15.5. The van der Waals surface area contributed by atoms with Crippen LogP contribution in [0.15, 0.2) is 29.3 Å². The van der Waals surface area contributed by atoms with Gasteiger partial charge in [0, 0.05) is 5.02 Å². The molecule has 94 valence electrons. The van der Waals surface area contributed by atoms with Gasteiger partial charge in [0.25, 0.3) is 5.56 Å². The zero-order valence-electron chi connectivity index (χ0n) is 8.83. The van der Waals surface area contributed by atoms with E-state index in [0.29, 0.717) is 5.56 Å². The lowest BCUT2D eigenvalue weighted by Crippen LogP contribution is -2.21. The fourth-order valence-electron chi connectivity index (χ4n) is 1.39. The monoisotopic (exact) mass is 306 g/mol. The number of aromatic nitrogens is 2. The number of nitrogens with zero attached hydrogens (tertiary/aromatic N) is 2. The summed E-state index contributed by atoms with van der Waals surface area (Å²) in [5.41, 5.74) is 0.109. The highest BCUT2D eigenvalue weighted by Gasteiger charge is 2.09. The van der Waals surface area contributed by atoms with E-state index in [1.54, 1.807) is 0 Å². The molecule has 0 aliphatic carbocycles. The van der Waals surface area contributed by atoms with E-state index in [1.807, 2.05) is 0 Å². The Labute approximate surface area is 117 Å². The fourth-order valence-corrected chi connectivity index (χ4v) is 1.90. The minimum absolute atomic E-state index is 0.0527. The number of benzene rings is 1. The summed E-state index contributed by atoms with van der Waals surface area (Å²) in [5, 5.41) is 0.0218. The third-order valence-corrected chi connectivity index (χ3v) is 3.37. The zero-order chi connectivity index (χ0) is 13.3. The first-order chi connectivity index (χ1) is 8.49. The van der Waals surface area contributed by atoms with Crippen molar-refractivity contribution in [2.24, 2.45) is 0 Å². The lowest BCUT2D eigenvalue weighted by atomic mass is 10.2. The number of hydrogen-bond donors (Lipinski definition) is 0. The van der Waals surface area contributed by atoms with Crippen molar-refractivity contribution in [2.75, 3.05) is 0 Å². The topological polar surface area (TPSA) is 34.9 Å². The van der Waals surface area contributed by atoms with Crippen LogP contribution in [0, 0.1) is 5.82 Å². The lowest BCUT2D eigenvalue weighted by molar-refractivity contribution is 0.626. The molecule has 0 atom stereocenters. The standard InChI is InChI=1S/C11H6Cl3FN2O/c12-8-3-7(15)2-1-6(8)4-17-5-16-10(14)9(13)11(17)18/h1-3,5H,4H2. The van der Waals surface area contributed by atoms with Gasteiger partial charge in [-0.2, -0.15) is 0 Å². The summed E-state index contributed by atoms with van der Waals surface area (Å²) in [5.74, 6) is -0.441. The fraction of sp³-hybridized carbons (Fsp3) is 0.0909. The second-order valence-corrected chi connectivity index (χ2v) is 4.66. The summed E-state index contributed by atoms with van der Waals surface area (Å²) >= 11 is 17.2. The van der Waals surface area contributed by atoms with Crippen molar-refractivity contribution in [2.45, 2.75) is 6.54 Å². The van der Waals surface area contributed by atoms with Crippen molar-refractivity contribution >= 4 is 34.8 Å². The molecule has 1 aromatic carbocycles. The third kappa shape index (κ3) is 2.66. The molecule has 2 aromatic rings. The van der Waals surface area contributed by atoms with Gasteiger partial charge in [0.05, 0.1) is 12.9 Å². The van der Waals surface area contributed by atoms with Crippen molar-refractivity contribution in [1.82, 2.24) is 9.55 Å². The van der Waals surface area contributed by atoms with Crippen LogP contribution in [0.2, 0.25) is 15.2 Å². The molecule has 0 unspecified atom stereocenters. The van der Waals surface area contributed by atoms with Crippen molar-refractivity contribution < 1.29 is 4.39 Å². The molecular formula is C11H6Cl3FN2O. The highest BCUT2D eigenvalue weighted by Crippen LogP contribution is 2.19. The highest BCUT2D eigenvalue weighted by molar-refractivity contribution is 6.40. The molecule has 18 heavy (non-hydrogen) atoms. The number of halogens is 4. The second kappa shape index (κ2) is 5.26. The molecule has 7 heteroatoms. The van der Waals surface area contributed by atoms with Gasteiger partial charge in [0.15, 0.2) is 5.15 Å². The Balaban J connectivity index is 2.41. The number of hydrogen-bond acceptors (Lipinski definition) is 2. The SMILES string of the molecule is O=c1c(Cl)c(Cl)ncn1Cc1ccc(F)cc1Cl. The van der Waals surface area contributed by atoms with Crippen molar-refractivity contribution in [3.63, 3.8) is 0 Å². The van der Waals surface area contributed by atoms with Crippen LogP contribution in [0.3, 0.4) is 0 Å². The van der Waals surface area contributed by atoms with Crippen LogP contribution >= 0.6 is 34.8 Å². The predicted molar refractivity (Wildman–Crippen MR) is 69.0 cm³/mol.